The van der Waals surface area contributed by atoms with Gasteiger partial charge in [-0.2, -0.15) is 26.3 Å². The summed E-state index contributed by atoms with van der Waals surface area (Å²) in [5.74, 6) is 0. The number of hydrogen-bond acceptors (Lipinski definition) is 3. The molecule has 1 aliphatic rings. The molecule has 1 aromatic rings. The number of nitrogens with one attached hydrogen (secondary N) is 1. The lowest BCUT2D eigenvalue weighted by Crippen LogP contribution is -2.49. The van der Waals surface area contributed by atoms with Crippen molar-refractivity contribution in [1.82, 2.24) is 9.80 Å². The Hall–Kier alpha value is -2.95. The van der Waals surface area contributed by atoms with Crippen LogP contribution in [0.15, 0.2) is 54.8 Å². The molecule has 0 spiro atoms. The van der Waals surface area contributed by atoms with E-state index in [1.54, 1.807) is 12.2 Å². The van der Waals surface area contributed by atoms with Gasteiger partial charge in [-0.3, -0.25) is 0 Å². The average molecular weight is 448 g/mol. The fourth-order valence-corrected chi connectivity index (χ4v) is 3.14. The van der Waals surface area contributed by atoms with Crippen molar-refractivity contribution in [3.8, 4) is 0 Å². The number of carbonyl (C=O) groups is 1. The number of anilines is 1. The van der Waals surface area contributed by atoms with Crippen LogP contribution in [0.2, 0.25) is 0 Å². The highest BCUT2D eigenvalue weighted by atomic mass is 19.4. The third kappa shape index (κ3) is 6.03. The smallest absolute Gasteiger partial charge is 0.368 e. The lowest BCUT2D eigenvalue weighted by molar-refractivity contribution is -0.143. The van der Waals surface area contributed by atoms with Crippen molar-refractivity contribution in [2.24, 2.45) is 5.73 Å². The zero-order chi connectivity index (χ0) is 23.4. The predicted octanol–water partition coefficient (Wildman–Crippen LogP) is 4.46. The molecule has 0 atom stereocenters. The molecule has 0 saturated carbocycles. The number of benzene rings is 1. The van der Waals surface area contributed by atoms with E-state index >= 15 is 0 Å². The van der Waals surface area contributed by atoms with Gasteiger partial charge in [0.15, 0.2) is 0 Å². The van der Waals surface area contributed by atoms with Gasteiger partial charge in [-0.25, -0.2) is 4.79 Å². The molecule has 2 amide bonds. The molecule has 3 N–H and O–H groups in total. The van der Waals surface area contributed by atoms with Gasteiger partial charge in [0.2, 0.25) is 0 Å². The SMILES string of the molecule is C=C/C(CN)=C(\C=C)N1CCN(C(=O)Nc2cc(C(F)(F)F)cc(C(F)(F)F)c2)CC1. The van der Waals surface area contributed by atoms with Crippen LogP contribution in [0.3, 0.4) is 0 Å². The second-order valence-corrected chi connectivity index (χ2v) is 6.72. The summed E-state index contributed by atoms with van der Waals surface area (Å²) in [5.41, 5.74) is 3.61. The molecule has 1 saturated heterocycles. The second kappa shape index (κ2) is 9.46. The summed E-state index contributed by atoms with van der Waals surface area (Å²) in [4.78, 5) is 15.7. The number of rotatable bonds is 5. The minimum Gasteiger partial charge on any atom is -0.368 e. The summed E-state index contributed by atoms with van der Waals surface area (Å²) < 4.78 is 77.9. The fourth-order valence-electron chi connectivity index (χ4n) is 3.14. The van der Waals surface area contributed by atoms with Crippen LogP contribution in [0.4, 0.5) is 36.8 Å². The van der Waals surface area contributed by atoms with Crippen LogP contribution in [0.25, 0.3) is 0 Å². The quantitative estimate of drug-likeness (QED) is 0.517. The molecule has 0 bridgehead atoms. The molecule has 1 aliphatic heterocycles. The summed E-state index contributed by atoms with van der Waals surface area (Å²) >= 11 is 0. The van der Waals surface area contributed by atoms with Gasteiger partial charge < -0.3 is 20.9 Å². The van der Waals surface area contributed by atoms with Crippen molar-refractivity contribution in [2.75, 3.05) is 38.0 Å². The number of urea groups is 1. The van der Waals surface area contributed by atoms with Crippen molar-refractivity contribution in [3.05, 3.63) is 65.9 Å². The van der Waals surface area contributed by atoms with E-state index in [-0.39, 0.29) is 25.7 Å². The maximum Gasteiger partial charge on any atom is 0.416 e. The minimum atomic E-state index is -4.99. The maximum atomic E-state index is 13.0. The van der Waals surface area contributed by atoms with Crippen molar-refractivity contribution in [1.29, 1.82) is 0 Å². The lowest BCUT2D eigenvalue weighted by Gasteiger charge is -2.37. The number of halogens is 6. The normalized spacial score (nSPS) is 16.0. The van der Waals surface area contributed by atoms with Gasteiger partial charge in [-0.05, 0) is 29.8 Å². The van der Waals surface area contributed by atoms with E-state index in [2.05, 4.69) is 18.5 Å². The number of allylic oxidation sites excluding steroid dienone is 1. The monoisotopic (exact) mass is 448 g/mol. The number of carbonyl (C=O) groups excluding carboxylic acids is 1. The summed E-state index contributed by atoms with van der Waals surface area (Å²) in [7, 11) is 0. The van der Waals surface area contributed by atoms with Crippen LogP contribution in [0.5, 0.6) is 0 Å². The molecule has 1 fully saturated rings. The third-order valence-corrected chi connectivity index (χ3v) is 4.74. The Labute approximate surface area is 175 Å². The van der Waals surface area contributed by atoms with E-state index in [0.717, 1.165) is 11.3 Å². The van der Waals surface area contributed by atoms with Crippen molar-refractivity contribution in [3.63, 3.8) is 0 Å². The molecule has 31 heavy (non-hydrogen) atoms. The molecule has 1 heterocycles. The molecule has 2 rings (SSSR count). The van der Waals surface area contributed by atoms with Crippen LogP contribution in [-0.2, 0) is 12.4 Å². The van der Waals surface area contributed by atoms with E-state index < -0.39 is 35.2 Å². The first-order valence-electron chi connectivity index (χ1n) is 9.19. The van der Waals surface area contributed by atoms with Crippen LogP contribution in [0, 0.1) is 0 Å². The maximum absolute atomic E-state index is 13.0. The topological polar surface area (TPSA) is 61.6 Å². The van der Waals surface area contributed by atoms with Gasteiger partial charge in [-0.1, -0.05) is 19.2 Å². The Morgan fingerprint density at radius 3 is 1.81 bits per heavy atom. The molecule has 0 aromatic heterocycles. The third-order valence-electron chi connectivity index (χ3n) is 4.74. The van der Waals surface area contributed by atoms with Gasteiger partial charge in [-0.15, -0.1) is 0 Å². The van der Waals surface area contributed by atoms with Crippen molar-refractivity contribution < 1.29 is 31.1 Å². The van der Waals surface area contributed by atoms with E-state index in [0.29, 0.717) is 25.2 Å². The van der Waals surface area contributed by atoms with Crippen molar-refractivity contribution in [2.45, 2.75) is 12.4 Å². The summed E-state index contributed by atoms with van der Waals surface area (Å²) in [6.07, 6.45) is -6.78. The Bertz CT molecular complexity index is 835. The first kappa shape index (κ1) is 24.3. The number of nitrogens with two attached hydrogens (primary N) is 1. The number of hydrogen-bond donors (Lipinski definition) is 2. The van der Waals surface area contributed by atoms with E-state index in [1.165, 1.54) is 4.90 Å². The Kier molecular flexibility index (Phi) is 7.42. The highest BCUT2D eigenvalue weighted by Gasteiger charge is 2.37. The molecule has 0 radical (unpaired) electrons. The molecule has 0 aliphatic carbocycles. The minimum absolute atomic E-state index is 0.00616. The summed E-state index contributed by atoms with van der Waals surface area (Å²) in [6.45, 7) is 8.82. The van der Waals surface area contributed by atoms with Gasteiger partial charge >= 0.3 is 18.4 Å². The van der Waals surface area contributed by atoms with Gasteiger partial charge in [0.05, 0.1) is 11.1 Å². The molecule has 0 unspecified atom stereocenters. The van der Waals surface area contributed by atoms with Crippen LogP contribution >= 0.6 is 0 Å². The Morgan fingerprint density at radius 1 is 0.935 bits per heavy atom. The first-order valence-corrected chi connectivity index (χ1v) is 9.19. The second-order valence-electron chi connectivity index (χ2n) is 6.72. The van der Waals surface area contributed by atoms with E-state index in [9.17, 15) is 31.1 Å². The fraction of sp³-hybridized carbons (Fsp3) is 0.350. The van der Waals surface area contributed by atoms with E-state index in [4.69, 9.17) is 5.73 Å². The molecule has 5 nitrogen and oxygen atoms in total. The summed E-state index contributed by atoms with van der Waals surface area (Å²) in [5, 5.41) is 2.14. The standard InChI is InChI=1S/C20H22F6N4O/c1-3-13(12-27)17(4-2)29-5-7-30(8-6-29)18(31)28-16-10-14(19(21,22)23)9-15(11-16)20(24,25)26/h3-4,9-11H,1-2,5-8,12,27H2,(H,28,31)/b17-13-. The van der Waals surface area contributed by atoms with Gasteiger partial charge in [0.1, 0.15) is 0 Å². The number of nitrogens with zero attached hydrogens (tertiary/aromatic N) is 2. The molecule has 170 valence electrons. The van der Waals surface area contributed by atoms with Crippen LogP contribution in [-0.4, -0.2) is 48.6 Å². The Balaban J connectivity index is 2.16. The lowest BCUT2D eigenvalue weighted by atomic mass is 10.1. The van der Waals surface area contributed by atoms with Gasteiger partial charge in [0, 0.05) is 44.1 Å². The van der Waals surface area contributed by atoms with Gasteiger partial charge in [0.25, 0.3) is 0 Å². The number of amides is 2. The van der Waals surface area contributed by atoms with Crippen LogP contribution in [0.1, 0.15) is 11.1 Å². The van der Waals surface area contributed by atoms with E-state index in [1.807, 2.05) is 4.90 Å². The Morgan fingerprint density at radius 2 is 1.42 bits per heavy atom. The largest absolute Gasteiger partial charge is 0.416 e. The highest BCUT2D eigenvalue weighted by Crippen LogP contribution is 2.37. The molecular formula is C20H22F6N4O. The highest BCUT2D eigenvalue weighted by molar-refractivity contribution is 5.89. The molecule has 11 heteroatoms. The zero-order valence-corrected chi connectivity index (χ0v) is 16.5. The van der Waals surface area contributed by atoms with Crippen molar-refractivity contribution >= 4 is 11.7 Å². The average Bonchev–Trinajstić information content (AvgIpc) is 2.70. The van der Waals surface area contributed by atoms with Crippen LogP contribution < -0.4 is 11.1 Å². The predicted molar refractivity (Wildman–Crippen MR) is 105 cm³/mol. The molecule has 1 aromatic carbocycles. The number of alkyl halides is 6. The number of piperazine rings is 1. The zero-order valence-electron chi connectivity index (χ0n) is 16.5. The molecular weight excluding hydrogens is 426 g/mol. The summed E-state index contributed by atoms with van der Waals surface area (Å²) in [6, 6.07) is 0.157. The first-order chi connectivity index (χ1) is 14.4.